The smallest absolute Gasteiger partial charge is 0.231 e. The van der Waals surface area contributed by atoms with E-state index in [1.807, 2.05) is 49.1 Å². The first-order valence-corrected chi connectivity index (χ1v) is 8.62. The Morgan fingerprint density at radius 1 is 1.33 bits per heavy atom. The molecule has 2 atom stereocenters. The van der Waals surface area contributed by atoms with Crippen molar-refractivity contribution in [2.45, 2.75) is 32.1 Å². The van der Waals surface area contributed by atoms with E-state index in [-0.39, 0.29) is 17.2 Å². The van der Waals surface area contributed by atoms with Crippen LogP contribution in [0.2, 0.25) is 0 Å². The molecule has 1 spiro atoms. The average Bonchev–Trinajstić information content (AvgIpc) is 3.32. The van der Waals surface area contributed by atoms with E-state index in [4.69, 9.17) is 4.74 Å². The van der Waals surface area contributed by atoms with Crippen molar-refractivity contribution in [1.82, 2.24) is 4.98 Å². The van der Waals surface area contributed by atoms with Crippen LogP contribution in [0.4, 0.5) is 5.69 Å². The number of benzene rings is 1. The molecule has 1 fully saturated rings. The summed E-state index contributed by atoms with van der Waals surface area (Å²) in [6, 6.07) is 12.0. The summed E-state index contributed by atoms with van der Waals surface area (Å²) in [6.45, 7) is 5.34. The van der Waals surface area contributed by atoms with E-state index in [0.717, 1.165) is 30.0 Å². The second-order valence-electron chi connectivity index (χ2n) is 6.70. The predicted molar refractivity (Wildman–Crippen MR) is 93.3 cm³/mol. The average molecular weight is 322 g/mol. The van der Waals surface area contributed by atoms with Gasteiger partial charge >= 0.3 is 0 Å². The summed E-state index contributed by atoms with van der Waals surface area (Å²) >= 11 is 0. The predicted octanol–water partition coefficient (Wildman–Crippen LogP) is 3.48. The lowest BCUT2D eigenvalue weighted by molar-refractivity contribution is -0.120. The van der Waals surface area contributed by atoms with Gasteiger partial charge in [0.15, 0.2) is 0 Å². The maximum atomic E-state index is 13.2. The molecule has 1 aromatic heterocycles. The molecule has 1 saturated carbocycles. The van der Waals surface area contributed by atoms with Crippen molar-refractivity contribution >= 4 is 11.6 Å². The van der Waals surface area contributed by atoms with E-state index in [9.17, 15) is 4.79 Å². The van der Waals surface area contributed by atoms with Crippen LogP contribution in [0.5, 0.6) is 5.75 Å². The highest BCUT2D eigenvalue weighted by Gasteiger charge is 2.61. The van der Waals surface area contributed by atoms with Crippen molar-refractivity contribution in [2.75, 3.05) is 18.1 Å². The Balaban J connectivity index is 1.65. The molecule has 124 valence electrons. The molecular weight excluding hydrogens is 300 g/mol. The number of para-hydroxylation sites is 1. The number of hydrogen-bond donors (Lipinski definition) is 0. The van der Waals surface area contributed by atoms with E-state index >= 15 is 0 Å². The molecule has 1 amide bonds. The summed E-state index contributed by atoms with van der Waals surface area (Å²) in [7, 11) is 0. The van der Waals surface area contributed by atoms with E-state index < -0.39 is 0 Å². The standard InChI is InChI=1S/C20H22N2O2/c1-3-22(17-8-6-11-21-14(17)2)19(23)16-13-20(16)10-12-24-18-9-5-4-7-15(18)20/h4-9,11,16H,3,10,12-13H2,1-2H3/t16-,20-/m0/s1. The first kappa shape index (κ1) is 15.2. The quantitative estimate of drug-likeness (QED) is 0.869. The number of hydrogen-bond acceptors (Lipinski definition) is 3. The van der Waals surface area contributed by atoms with Crippen LogP contribution in [0.25, 0.3) is 0 Å². The van der Waals surface area contributed by atoms with Gasteiger partial charge in [0.1, 0.15) is 5.75 Å². The highest BCUT2D eigenvalue weighted by atomic mass is 16.5. The zero-order valence-corrected chi connectivity index (χ0v) is 14.2. The molecular formula is C20H22N2O2. The van der Waals surface area contributed by atoms with E-state index in [1.165, 1.54) is 5.56 Å². The topological polar surface area (TPSA) is 42.4 Å². The van der Waals surface area contributed by atoms with Crippen LogP contribution in [-0.2, 0) is 10.2 Å². The van der Waals surface area contributed by atoms with Gasteiger partial charge in [-0.1, -0.05) is 18.2 Å². The number of ether oxygens (including phenoxy) is 1. The zero-order chi connectivity index (χ0) is 16.7. The Kier molecular flexibility index (Phi) is 3.56. The van der Waals surface area contributed by atoms with Gasteiger partial charge in [0.05, 0.1) is 18.0 Å². The van der Waals surface area contributed by atoms with Gasteiger partial charge in [0.2, 0.25) is 5.91 Å². The largest absolute Gasteiger partial charge is 0.493 e. The first-order valence-electron chi connectivity index (χ1n) is 8.62. The van der Waals surface area contributed by atoms with Crippen molar-refractivity contribution in [3.63, 3.8) is 0 Å². The van der Waals surface area contributed by atoms with Gasteiger partial charge in [0.25, 0.3) is 0 Å². The lowest BCUT2D eigenvalue weighted by atomic mass is 9.87. The summed E-state index contributed by atoms with van der Waals surface area (Å²) < 4.78 is 5.78. The zero-order valence-electron chi connectivity index (χ0n) is 14.2. The van der Waals surface area contributed by atoms with Crippen LogP contribution in [0, 0.1) is 12.8 Å². The van der Waals surface area contributed by atoms with Crippen molar-refractivity contribution in [1.29, 1.82) is 0 Å². The van der Waals surface area contributed by atoms with Crippen LogP contribution < -0.4 is 9.64 Å². The van der Waals surface area contributed by atoms with Crippen molar-refractivity contribution in [3.05, 3.63) is 53.9 Å². The molecule has 24 heavy (non-hydrogen) atoms. The number of anilines is 1. The number of aromatic nitrogens is 1. The first-order chi connectivity index (χ1) is 11.7. The molecule has 0 bridgehead atoms. The van der Waals surface area contributed by atoms with Crippen molar-refractivity contribution in [2.24, 2.45) is 5.92 Å². The second kappa shape index (κ2) is 5.62. The normalized spacial score (nSPS) is 24.2. The third-order valence-electron chi connectivity index (χ3n) is 5.45. The summed E-state index contributed by atoms with van der Waals surface area (Å²) in [4.78, 5) is 19.5. The number of amides is 1. The van der Waals surface area contributed by atoms with Crippen molar-refractivity contribution in [3.8, 4) is 5.75 Å². The van der Waals surface area contributed by atoms with Crippen LogP contribution in [0.3, 0.4) is 0 Å². The van der Waals surface area contributed by atoms with Crippen molar-refractivity contribution < 1.29 is 9.53 Å². The lowest BCUT2D eigenvalue weighted by Crippen LogP contribution is -2.36. The monoisotopic (exact) mass is 322 g/mol. The maximum Gasteiger partial charge on any atom is 0.231 e. The molecule has 0 N–H and O–H groups in total. The summed E-state index contributed by atoms with van der Waals surface area (Å²) in [6.07, 6.45) is 3.61. The molecule has 4 rings (SSSR count). The SMILES string of the molecule is CCN(C(=O)[C@@H]1C[C@]12CCOc1ccccc12)c1cccnc1C. The molecule has 2 aliphatic rings. The third-order valence-corrected chi connectivity index (χ3v) is 5.45. The molecule has 4 nitrogen and oxygen atoms in total. The van der Waals surface area contributed by atoms with Gasteiger partial charge in [-0.3, -0.25) is 9.78 Å². The highest BCUT2D eigenvalue weighted by Crippen LogP contribution is 2.61. The lowest BCUT2D eigenvalue weighted by Gasteiger charge is -2.28. The van der Waals surface area contributed by atoms with Gasteiger partial charge in [0, 0.05) is 29.6 Å². The minimum atomic E-state index is -0.0323. The van der Waals surface area contributed by atoms with Gasteiger partial charge in [-0.05, 0) is 44.9 Å². The number of rotatable bonds is 3. The number of carbonyl (C=O) groups is 1. The molecule has 4 heteroatoms. The van der Waals surface area contributed by atoms with Gasteiger partial charge in [-0.25, -0.2) is 0 Å². The van der Waals surface area contributed by atoms with Crippen LogP contribution in [0.1, 0.15) is 31.0 Å². The maximum absolute atomic E-state index is 13.2. The van der Waals surface area contributed by atoms with Crippen LogP contribution in [-0.4, -0.2) is 24.0 Å². The van der Waals surface area contributed by atoms with Gasteiger partial charge in [-0.15, -0.1) is 0 Å². The molecule has 2 aromatic rings. The molecule has 1 aliphatic heterocycles. The Bertz CT molecular complexity index is 789. The number of carbonyl (C=O) groups excluding carboxylic acids is 1. The Morgan fingerprint density at radius 2 is 2.17 bits per heavy atom. The molecule has 2 heterocycles. The van der Waals surface area contributed by atoms with Gasteiger partial charge in [-0.2, -0.15) is 0 Å². The van der Waals surface area contributed by atoms with E-state index in [1.54, 1.807) is 6.20 Å². The molecule has 0 radical (unpaired) electrons. The molecule has 1 aliphatic carbocycles. The highest BCUT2D eigenvalue weighted by molar-refractivity contribution is 5.98. The van der Waals surface area contributed by atoms with E-state index in [0.29, 0.717) is 13.2 Å². The fourth-order valence-corrected chi connectivity index (χ4v) is 4.08. The number of fused-ring (bicyclic) bond motifs is 2. The summed E-state index contributed by atoms with van der Waals surface area (Å²) in [5.41, 5.74) is 2.99. The number of aryl methyl sites for hydroxylation is 1. The summed E-state index contributed by atoms with van der Waals surface area (Å²) in [5, 5.41) is 0. The van der Waals surface area contributed by atoms with Gasteiger partial charge < -0.3 is 9.64 Å². The molecule has 0 saturated heterocycles. The fraction of sp³-hybridized carbons (Fsp3) is 0.400. The summed E-state index contributed by atoms with van der Waals surface area (Å²) in [5.74, 6) is 1.20. The van der Waals surface area contributed by atoms with Crippen LogP contribution in [0.15, 0.2) is 42.6 Å². The molecule has 1 aromatic carbocycles. The van der Waals surface area contributed by atoms with Crippen LogP contribution >= 0.6 is 0 Å². The Labute approximate surface area is 142 Å². The minimum absolute atomic E-state index is 0.0323. The Hall–Kier alpha value is -2.36. The fourth-order valence-electron chi connectivity index (χ4n) is 4.08. The third kappa shape index (κ3) is 2.20. The second-order valence-corrected chi connectivity index (χ2v) is 6.70. The number of nitrogens with zero attached hydrogens (tertiary/aromatic N) is 2. The minimum Gasteiger partial charge on any atom is -0.493 e. The molecule has 0 unspecified atom stereocenters. The van der Waals surface area contributed by atoms with E-state index in [2.05, 4.69) is 11.1 Å². The Morgan fingerprint density at radius 3 is 2.96 bits per heavy atom. The number of pyridine rings is 1.